The fourth-order valence-electron chi connectivity index (χ4n) is 7.84. The summed E-state index contributed by atoms with van der Waals surface area (Å²) in [7, 11) is 0. The Bertz CT molecular complexity index is 3110. The molecule has 0 atom stereocenters. The van der Waals surface area contributed by atoms with E-state index in [1.165, 1.54) is 8.80 Å². The summed E-state index contributed by atoms with van der Waals surface area (Å²) >= 11 is 0. The lowest BCUT2D eigenvalue weighted by Crippen LogP contribution is -2.14. The third-order valence-corrected chi connectivity index (χ3v) is 9.61. The number of pyridine rings is 2. The minimum absolute atomic E-state index is 0.0551. The van der Waals surface area contributed by atoms with Crippen molar-refractivity contribution in [3.63, 3.8) is 0 Å². The van der Waals surface area contributed by atoms with Gasteiger partial charge in [0.25, 0.3) is 11.1 Å². The van der Waals surface area contributed by atoms with Crippen molar-refractivity contribution in [2.45, 2.75) is 0 Å². The highest BCUT2D eigenvalue weighted by Gasteiger charge is 2.25. The van der Waals surface area contributed by atoms with Gasteiger partial charge in [-0.3, -0.25) is 18.4 Å². The van der Waals surface area contributed by atoms with Gasteiger partial charge >= 0.3 is 0 Å². The van der Waals surface area contributed by atoms with Crippen LogP contribution in [0.2, 0.25) is 0 Å². The normalized spacial score (nSPS) is 13.0. The van der Waals surface area contributed by atoms with Crippen LogP contribution < -0.4 is 11.1 Å². The zero-order valence-electron chi connectivity index (χ0n) is 23.0. The van der Waals surface area contributed by atoms with E-state index in [4.69, 9.17) is 0 Å². The Morgan fingerprint density at radius 3 is 1.15 bits per heavy atom. The Balaban J connectivity index is 1.37. The summed E-state index contributed by atoms with van der Waals surface area (Å²) in [6, 6.07) is 18.3. The molecule has 0 N–H and O–H groups in total. The predicted molar refractivity (Wildman–Crippen MR) is 170 cm³/mol. The molecule has 10 heteroatoms. The van der Waals surface area contributed by atoms with Crippen LogP contribution in [0, 0.1) is 23.3 Å². The molecule has 0 unspecified atom stereocenters. The first-order valence-electron chi connectivity index (χ1n) is 14.4. The lowest BCUT2D eigenvalue weighted by molar-refractivity contribution is 0.590. The first-order valence-corrected chi connectivity index (χ1v) is 14.4. The van der Waals surface area contributed by atoms with Crippen molar-refractivity contribution in [1.82, 2.24) is 18.8 Å². The molecule has 0 aliphatic carbocycles. The van der Waals surface area contributed by atoms with Gasteiger partial charge < -0.3 is 0 Å². The number of halogens is 4. The Morgan fingerprint density at radius 1 is 0.435 bits per heavy atom. The van der Waals surface area contributed by atoms with E-state index in [2.05, 4.69) is 9.97 Å². The molecule has 6 nitrogen and oxygen atoms in total. The topological polar surface area (TPSA) is 68.7 Å². The van der Waals surface area contributed by atoms with Gasteiger partial charge in [-0.1, -0.05) is 24.3 Å². The first-order chi connectivity index (χ1) is 22.3. The number of aromatic nitrogens is 4. The first kappa shape index (κ1) is 24.2. The van der Waals surface area contributed by atoms with Crippen LogP contribution >= 0.6 is 0 Å². The van der Waals surface area contributed by atoms with Crippen LogP contribution in [0.1, 0.15) is 0 Å². The molecule has 11 rings (SSSR count). The Morgan fingerprint density at radius 2 is 0.761 bits per heavy atom. The number of nitrogens with zero attached hydrogens (tertiary/aromatic N) is 4. The van der Waals surface area contributed by atoms with Crippen LogP contribution in [0.15, 0.2) is 82.4 Å². The highest BCUT2D eigenvalue weighted by molar-refractivity contribution is 6.40. The molecule has 0 aliphatic heterocycles. The fourth-order valence-corrected chi connectivity index (χ4v) is 7.84. The van der Waals surface area contributed by atoms with Crippen LogP contribution in [0.25, 0.3) is 98.0 Å². The largest absolute Gasteiger partial charge is 0.268 e. The third kappa shape index (κ3) is 2.55. The molecule has 0 spiro atoms. The quantitative estimate of drug-likeness (QED) is 0.100. The number of benzene rings is 7. The summed E-state index contributed by atoms with van der Waals surface area (Å²) in [6.45, 7) is 0. The van der Waals surface area contributed by atoms with Crippen molar-refractivity contribution in [2.24, 2.45) is 0 Å². The van der Waals surface area contributed by atoms with E-state index in [1.54, 1.807) is 12.1 Å². The molecular formula is C36H12F4N4O2. The van der Waals surface area contributed by atoms with E-state index < -0.39 is 34.4 Å². The smallest absolute Gasteiger partial charge is 0.264 e. The van der Waals surface area contributed by atoms with E-state index in [0.29, 0.717) is 32.3 Å². The Kier molecular flexibility index (Phi) is 3.97. The summed E-state index contributed by atoms with van der Waals surface area (Å²) in [5, 5.41) is 8.15. The zero-order valence-corrected chi connectivity index (χ0v) is 23.0. The second-order valence-corrected chi connectivity index (χ2v) is 11.8. The van der Waals surface area contributed by atoms with Gasteiger partial charge in [-0.2, -0.15) is 0 Å². The number of fused-ring (bicyclic) bond motifs is 10. The van der Waals surface area contributed by atoms with Crippen molar-refractivity contribution in [2.75, 3.05) is 0 Å². The molecule has 4 aromatic heterocycles. The maximum Gasteiger partial charge on any atom is 0.264 e. The third-order valence-electron chi connectivity index (χ3n) is 9.61. The van der Waals surface area contributed by atoms with Gasteiger partial charge in [-0.25, -0.2) is 27.5 Å². The number of imidazole rings is 2. The van der Waals surface area contributed by atoms with Crippen molar-refractivity contribution in [3.8, 4) is 0 Å². The summed E-state index contributed by atoms with van der Waals surface area (Å²) in [4.78, 5) is 36.8. The lowest BCUT2D eigenvalue weighted by atomic mass is 9.86. The minimum Gasteiger partial charge on any atom is -0.268 e. The van der Waals surface area contributed by atoms with Gasteiger partial charge in [-0.05, 0) is 56.6 Å². The molecule has 0 fully saturated rings. The molecule has 0 bridgehead atoms. The van der Waals surface area contributed by atoms with Crippen LogP contribution in [-0.4, -0.2) is 18.8 Å². The summed E-state index contributed by atoms with van der Waals surface area (Å²) in [5.41, 5.74) is -0.505. The summed E-state index contributed by atoms with van der Waals surface area (Å²) in [5.74, 6) is -3.32. The Hall–Kier alpha value is -6.16. The molecule has 0 amide bonds. The molecule has 216 valence electrons. The molecule has 46 heavy (non-hydrogen) atoms. The predicted octanol–water partition coefficient (Wildman–Crippen LogP) is 7.80. The van der Waals surface area contributed by atoms with E-state index >= 15 is 0 Å². The van der Waals surface area contributed by atoms with Crippen molar-refractivity contribution >= 4 is 98.0 Å². The average molecular weight is 609 g/mol. The maximum absolute atomic E-state index is 14.8. The zero-order chi connectivity index (χ0) is 30.9. The van der Waals surface area contributed by atoms with Gasteiger partial charge in [0.2, 0.25) is 0 Å². The van der Waals surface area contributed by atoms with E-state index in [9.17, 15) is 27.2 Å². The molecule has 11 aromatic rings. The second kappa shape index (κ2) is 7.55. The highest BCUT2D eigenvalue weighted by Crippen LogP contribution is 2.45. The molecule has 4 heterocycles. The molecule has 0 saturated carbocycles. The van der Waals surface area contributed by atoms with Crippen LogP contribution in [0.3, 0.4) is 0 Å². The standard InChI is InChI=1S/C36H12F4N4O2/c37-13-9-23(39)31-25(11-13)43-33(41-31)19-5-1-15-16-2-6-20-30-22(36(46)44-26-12-14(38)10-24(40)32(26)42-34(20)44)8-4-18(28(16)30)17-3-7-21(35(43)45)29(19)27(15)17/h1-12H. The van der Waals surface area contributed by atoms with Crippen molar-refractivity contribution in [1.29, 1.82) is 0 Å². The van der Waals surface area contributed by atoms with Crippen molar-refractivity contribution in [3.05, 3.63) is 117 Å². The van der Waals surface area contributed by atoms with Crippen molar-refractivity contribution < 1.29 is 17.6 Å². The van der Waals surface area contributed by atoms with Gasteiger partial charge in [0, 0.05) is 56.6 Å². The molecular weight excluding hydrogens is 596 g/mol. The van der Waals surface area contributed by atoms with Gasteiger partial charge in [0.15, 0.2) is 11.6 Å². The average Bonchev–Trinajstić information content (AvgIpc) is 3.62. The fraction of sp³-hybridized carbons (Fsp3) is 0. The van der Waals surface area contributed by atoms with Gasteiger partial charge in [0.05, 0.1) is 11.0 Å². The molecule has 0 aliphatic rings. The molecule has 7 aromatic carbocycles. The SMILES string of the molecule is O=c1c2ccc3c4ccc5c(=O)n6c7cc(F)cc(F)c7nc6c6ccc(c7ccc(c2c37)c2nc3c(F)cc(F)cc3n12)c4c56. The van der Waals surface area contributed by atoms with E-state index in [-0.39, 0.29) is 33.4 Å². The van der Waals surface area contributed by atoms with Crippen LogP contribution in [-0.2, 0) is 0 Å². The summed E-state index contributed by atoms with van der Waals surface area (Å²) < 4.78 is 60.6. The van der Waals surface area contributed by atoms with Crippen LogP contribution in [0.5, 0.6) is 0 Å². The summed E-state index contributed by atoms with van der Waals surface area (Å²) in [6.07, 6.45) is 0. The second-order valence-electron chi connectivity index (χ2n) is 11.8. The Labute approximate surface area is 251 Å². The number of hydrogen-bond donors (Lipinski definition) is 0. The van der Waals surface area contributed by atoms with Crippen LogP contribution in [0.4, 0.5) is 17.6 Å². The molecule has 0 saturated heterocycles. The molecule has 0 radical (unpaired) electrons. The van der Waals surface area contributed by atoms with E-state index in [0.717, 1.165) is 56.6 Å². The highest BCUT2D eigenvalue weighted by atomic mass is 19.1. The number of rotatable bonds is 0. The maximum atomic E-state index is 14.8. The van der Waals surface area contributed by atoms with E-state index in [1.807, 2.05) is 36.4 Å². The monoisotopic (exact) mass is 608 g/mol. The lowest BCUT2D eigenvalue weighted by Gasteiger charge is -2.18. The van der Waals surface area contributed by atoms with Gasteiger partial charge in [0.1, 0.15) is 34.0 Å². The van der Waals surface area contributed by atoms with Gasteiger partial charge in [-0.15, -0.1) is 0 Å². The minimum atomic E-state index is -0.854. The number of hydrogen-bond acceptors (Lipinski definition) is 4.